The number of hydrogen-bond acceptors (Lipinski definition) is 3. The molecule has 0 fully saturated rings. The van der Waals surface area contributed by atoms with Gasteiger partial charge in [-0.25, -0.2) is 0 Å². The third-order valence-corrected chi connectivity index (χ3v) is 6.60. The number of anilines is 2. The van der Waals surface area contributed by atoms with Crippen LogP contribution < -0.4 is 10.6 Å². The van der Waals surface area contributed by atoms with Gasteiger partial charge in [0.05, 0.1) is 27.5 Å². The van der Waals surface area contributed by atoms with Gasteiger partial charge in [0, 0.05) is 17.7 Å². The molecule has 0 spiro atoms. The van der Waals surface area contributed by atoms with Crippen LogP contribution in [-0.4, -0.2) is 5.78 Å². The van der Waals surface area contributed by atoms with E-state index in [0.717, 1.165) is 34.6 Å². The van der Waals surface area contributed by atoms with Crippen molar-refractivity contribution in [3.63, 3.8) is 0 Å². The van der Waals surface area contributed by atoms with Crippen LogP contribution in [0.5, 0.6) is 0 Å². The topological polar surface area (TPSA) is 41.1 Å². The Morgan fingerprint density at radius 1 is 0.767 bits per heavy atom. The number of benzene rings is 3. The van der Waals surface area contributed by atoms with Crippen molar-refractivity contribution >= 4 is 40.4 Å². The fourth-order valence-electron chi connectivity index (χ4n) is 4.40. The van der Waals surface area contributed by atoms with Crippen molar-refractivity contribution in [2.24, 2.45) is 0 Å². The summed E-state index contributed by atoms with van der Waals surface area (Å²) in [6.07, 6.45) is 1.26. The lowest BCUT2D eigenvalue weighted by Gasteiger charge is -2.30. The zero-order valence-corrected chi connectivity index (χ0v) is 17.7. The predicted octanol–water partition coefficient (Wildman–Crippen LogP) is 6.97. The van der Waals surface area contributed by atoms with Crippen LogP contribution in [0.25, 0.3) is 0 Å². The minimum atomic E-state index is -0.296. The number of carbonyl (C=O) groups is 1. The molecule has 30 heavy (non-hydrogen) atoms. The lowest BCUT2D eigenvalue weighted by atomic mass is 9.78. The zero-order chi connectivity index (χ0) is 20.7. The van der Waals surface area contributed by atoms with Gasteiger partial charge >= 0.3 is 0 Å². The fraction of sp³-hybridized carbons (Fsp3) is 0.160. The monoisotopic (exact) mass is 434 g/mol. The van der Waals surface area contributed by atoms with E-state index in [-0.39, 0.29) is 17.7 Å². The Kier molecular flexibility index (Phi) is 5.01. The standard InChI is InChI=1S/C25H20Cl2N2O/c26-18-11-10-16(12-19(18)27)25-24-22(28-20-8-4-5-9-21(20)29-25)13-17(14-23(24)30)15-6-2-1-3-7-15/h1-12,17,25,28-29H,13-14H2/t17-,25+/m0/s1. The van der Waals surface area contributed by atoms with E-state index >= 15 is 0 Å². The fourth-order valence-corrected chi connectivity index (χ4v) is 4.70. The van der Waals surface area contributed by atoms with E-state index in [1.807, 2.05) is 54.6 Å². The summed E-state index contributed by atoms with van der Waals surface area (Å²) in [6.45, 7) is 0. The van der Waals surface area contributed by atoms with Crippen molar-refractivity contribution in [1.82, 2.24) is 0 Å². The van der Waals surface area contributed by atoms with Crippen LogP contribution in [0, 0.1) is 0 Å². The summed E-state index contributed by atoms with van der Waals surface area (Å²) in [7, 11) is 0. The Labute approximate surface area is 185 Å². The van der Waals surface area contributed by atoms with Crippen LogP contribution in [0.15, 0.2) is 84.1 Å². The number of nitrogens with one attached hydrogen (secondary N) is 2. The van der Waals surface area contributed by atoms with Crippen LogP contribution >= 0.6 is 23.2 Å². The Morgan fingerprint density at radius 3 is 2.27 bits per heavy atom. The van der Waals surface area contributed by atoms with Crippen molar-refractivity contribution in [2.75, 3.05) is 10.6 Å². The summed E-state index contributed by atoms with van der Waals surface area (Å²) in [6, 6.07) is 23.5. The first-order valence-corrected chi connectivity index (χ1v) is 10.7. The molecule has 3 aromatic carbocycles. The minimum Gasteiger partial charge on any atom is -0.372 e. The number of fused-ring (bicyclic) bond motifs is 1. The van der Waals surface area contributed by atoms with E-state index in [9.17, 15) is 4.79 Å². The average molecular weight is 435 g/mol. The predicted molar refractivity (Wildman–Crippen MR) is 123 cm³/mol. The molecule has 0 bridgehead atoms. The highest BCUT2D eigenvalue weighted by Crippen LogP contribution is 2.44. The molecule has 2 aliphatic rings. The second kappa shape index (κ2) is 7.82. The van der Waals surface area contributed by atoms with Gasteiger partial charge in [-0.2, -0.15) is 0 Å². The second-order valence-corrected chi connectivity index (χ2v) is 8.57. The number of ketones is 1. The van der Waals surface area contributed by atoms with Gasteiger partial charge in [-0.15, -0.1) is 0 Å². The maximum atomic E-state index is 13.5. The molecule has 150 valence electrons. The normalized spacial score (nSPS) is 20.5. The lowest BCUT2D eigenvalue weighted by Crippen LogP contribution is -2.26. The quantitative estimate of drug-likeness (QED) is 0.457. The highest BCUT2D eigenvalue weighted by Gasteiger charge is 2.36. The highest BCUT2D eigenvalue weighted by molar-refractivity contribution is 6.42. The van der Waals surface area contributed by atoms with Gasteiger partial charge in [-0.1, -0.05) is 71.7 Å². The molecule has 2 N–H and O–H groups in total. The molecule has 2 atom stereocenters. The largest absolute Gasteiger partial charge is 0.372 e. The smallest absolute Gasteiger partial charge is 0.163 e. The van der Waals surface area contributed by atoms with Gasteiger partial charge in [0.1, 0.15) is 0 Å². The Balaban J connectivity index is 1.63. The molecule has 0 unspecified atom stereocenters. The van der Waals surface area contributed by atoms with Gasteiger partial charge in [-0.05, 0) is 47.7 Å². The summed E-state index contributed by atoms with van der Waals surface area (Å²) in [5.74, 6) is 0.304. The van der Waals surface area contributed by atoms with Gasteiger partial charge in [0.25, 0.3) is 0 Å². The van der Waals surface area contributed by atoms with Gasteiger partial charge in [0.2, 0.25) is 0 Å². The van der Waals surface area contributed by atoms with Crippen LogP contribution in [0.3, 0.4) is 0 Å². The molecular formula is C25H20Cl2N2O. The molecule has 0 amide bonds. The molecule has 0 saturated heterocycles. The average Bonchev–Trinajstić information content (AvgIpc) is 2.93. The molecule has 5 heteroatoms. The number of rotatable bonds is 2. The molecule has 1 heterocycles. The van der Waals surface area contributed by atoms with E-state index in [1.54, 1.807) is 6.07 Å². The summed E-state index contributed by atoms with van der Waals surface area (Å²) in [5.41, 5.74) is 5.77. The first-order chi connectivity index (χ1) is 14.6. The summed E-state index contributed by atoms with van der Waals surface area (Å²) in [4.78, 5) is 13.5. The Morgan fingerprint density at radius 2 is 1.50 bits per heavy atom. The third kappa shape index (κ3) is 3.49. The first kappa shape index (κ1) is 19.2. The van der Waals surface area contributed by atoms with Crippen LogP contribution in [-0.2, 0) is 4.79 Å². The molecule has 3 nitrogen and oxygen atoms in total. The molecule has 1 aliphatic carbocycles. The molecule has 0 radical (unpaired) electrons. The summed E-state index contributed by atoms with van der Waals surface area (Å²) < 4.78 is 0. The third-order valence-electron chi connectivity index (χ3n) is 5.86. The maximum Gasteiger partial charge on any atom is 0.163 e. The SMILES string of the molecule is O=C1C[C@@H](c2ccccc2)CC2=C1[C@@H](c1ccc(Cl)c(Cl)c1)Nc1ccccc1N2. The number of halogens is 2. The highest BCUT2D eigenvalue weighted by atomic mass is 35.5. The van der Waals surface area contributed by atoms with Crippen molar-refractivity contribution < 1.29 is 4.79 Å². The molecule has 5 rings (SSSR count). The number of Topliss-reactive ketones (excluding diaryl/α,β-unsaturated/α-hetero) is 1. The van der Waals surface area contributed by atoms with Gasteiger partial charge < -0.3 is 10.6 Å². The minimum absolute atomic E-state index is 0.147. The lowest BCUT2D eigenvalue weighted by molar-refractivity contribution is -0.116. The van der Waals surface area contributed by atoms with E-state index in [4.69, 9.17) is 23.2 Å². The van der Waals surface area contributed by atoms with Crippen LogP contribution in [0.1, 0.15) is 35.9 Å². The van der Waals surface area contributed by atoms with Crippen molar-refractivity contribution in [1.29, 1.82) is 0 Å². The molecule has 1 aliphatic heterocycles. The Hall–Kier alpha value is -2.75. The molecule has 0 aromatic heterocycles. The van der Waals surface area contributed by atoms with Gasteiger partial charge in [-0.3, -0.25) is 4.79 Å². The number of allylic oxidation sites excluding steroid dienone is 1. The van der Waals surface area contributed by atoms with Crippen molar-refractivity contribution in [3.8, 4) is 0 Å². The summed E-state index contributed by atoms with van der Waals surface area (Å²) in [5, 5.41) is 8.10. The van der Waals surface area contributed by atoms with Crippen molar-refractivity contribution in [3.05, 3.63) is 105 Å². The number of hydrogen-bond donors (Lipinski definition) is 2. The zero-order valence-electron chi connectivity index (χ0n) is 16.2. The van der Waals surface area contributed by atoms with Crippen molar-refractivity contribution in [2.45, 2.75) is 24.8 Å². The number of carbonyl (C=O) groups excluding carboxylic acids is 1. The molecule has 3 aromatic rings. The molecular weight excluding hydrogens is 415 g/mol. The van der Waals surface area contributed by atoms with E-state index in [2.05, 4.69) is 22.8 Å². The Bertz CT molecular complexity index is 1160. The van der Waals surface area contributed by atoms with E-state index in [0.29, 0.717) is 16.5 Å². The van der Waals surface area contributed by atoms with Crippen LogP contribution in [0.4, 0.5) is 11.4 Å². The second-order valence-electron chi connectivity index (χ2n) is 7.75. The first-order valence-electron chi connectivity index (χ1n) is 9.99. The number of para-hydroxylation sites is 2. The van der Waals surface area contributed by atoms with E-state index in [1.165, 1.54) is 5.56 Å². The molecule has 0 saturated carbocycles. The van der Waals surface area contributed by atoms with E-state index < -0.39 is 0 Å². The summed E-state index contributed by atoms with van der Waals surface area (Å²) >= 11 is 12.5. The maximum absolute atomic E-state index is 13.5. The van der Waals surface area contributed by atoms with Gasteiger partial charge in [0.15, 0.2) is 5.78 Å². The van der Waals surface area contributed by atoms with Crippen LogP contribution in [0.2, 0.25) is 10.0 Å².